The zero-order chi connectivity index (χ0) is 20.5. The van der Waals surface area contributed by atoms with E-state index >= 15 is 0 Å². The van der Waals surface area contributed by atoms with Gasteiger partial charge in [0.2, 0.25) is 0 Å². The molecule has 0 saturated carbocycles. The Hall–Kier alpha value is -2.32. The van der Waals surface area contributed by atoms with Crippen LogP contribution in [0.25, 0.3) is 10.1 Å². The van der Waals surface area contributed by atoms with E-state index in [9.17, 15) is 23.1 Å². The number of rotatable bonds is 6. The summed E-state index contributed by atoms with van der Waals surface area (Å²) in [4.78, 5) is 14.8. The molecular formula is C19H15ClF3NO3S. The number of halogens is 4. The Balaban J connectivity index is 1.78. The lowest BCUT2D eigenvalue weighted by molar-refractivity contribution is -0.141. The van der Waals surface area contributed by atoms with Gasteiger partial charge in [0.25, 0.3) is 0 Å². The highest BCUT2D eigenvalue weighted by Crippen LogP contribution is 2.35. The van der Waals surface area contributed by atoms with Crippen LogP contribution in [-0.4, -0.2) is 16.1 Å². The highest BCUT2D eigenvalue weighted by Gasteiger charge is 2.32. The molecule has 3 rings (SSSR count). The normalized spacial score (nSPS) is 12.9. The van der Waals surface area contributed by atoms with E-state index in [0.717, 1.165) is 21.7 Å². The summed E-state index contributed by atoms with van der Waals surface area (Å²) in [6.07, 6.45) is -4.07. The second-order valence-corrected chi connectivity index (χ2v) is 7.35. The molecule has 4 nitrogen and oxygen atoms in total. The van der Waals surface area contributed by atoms with E-state index in [4.69, 9.17) is 16.3 Å². The molecule has 0 spiro atoms. The molecule has 2 heterocycles. The van der Waals surface area contributed by atoms with E-state index in [1.807, 2.05) is 12.3 Å². The molecular weight excluding hydrogens is 415 g/mol. The summed E-state index contributed by atoms with van der Waals surface area (Å²) in [5, 5.41) is 11.8. The number of hydrogen-bond donors (Lipinski definition) is 1. The number of alkyl halides is 3. The minimum atomic E-state index is -4.56. The highest BCUT2D eigenvalue weighted by atomic mass is 35.5. The zero-order valence-corrected chi connectivity index (χ0v) is 16.2. The van der Waals surface area contributed by atoms with Gasteiger partial charge >= 0.3 is 12.1 Å². The van der Waals surface area contributed by atoms with Crippen LogP contribution in [0.15, 0.2) is 35.7 Å². The van der Waals surface area contributed by atoms with Gasteiger partial charge in [-0.1, -0.05) is 24.6 Å². The van der Waals surface area contributed by atoms with Crippen LogP contribution in [0.3, 0.4) is 0 Å². The second-order valence-electron chi connectivity index (χ2n) is 6.08. The number of nitrogens with zero attached hydrogens (tertiary/aromatic N) is 1. The molecule has 1 aromatic carbocycles. The first kappa shape index (κ1) is 20.4. The zero-order valence-electron chi connectivity index (χ0n) is 14.6. The first-order valence-corrected chi connectivity index (χ1v) is 9.55. The molecule has 1 atom stereocenters. The number of carboxylic acids is 1. The molecule has 0 radical (unpaired) electrons. The van der Waals surface area contributed by atoms with E-state index in [0.29, 0.717) is 17.7 Å². The standard InChI is InChI=1S/C19H15ClF3NO3S/c1-2-12(18(25)26)14-9-28-15-7-11(4-5-13(14)15)27-8-10-3-6-16(19(21,22)23)24-17(10)20/h3-7,9,12H,2,8H2,1H3,(H,25,26). The average molecular weight is 430 g/mol. The number of thiophene rings is 1. The first-order valence-electron chi connectivity index (χ1n) is 8.30. The van der Waals surface area contributed by atoms with Gasteiger partial charge in [-0.3, -0.25) is 4.79 Å². The summed E-state index contributed by atoms with van der Waals surface area (Å²) in [6.45, 7) is 1.78. The number of hydrogen-bond acceptors (Lipinski definition) is 4. The maximum Gasteiger partial charge on any atom is 0.433 e. The van der Waals surface area contributed by atoms with Crippen molar-refractivity contribution in [1.29, 1.82) is 0 Å². The van der Waals surface area contributed by atoms with Crippen LogP contribution in [-0.2, 0) is 17.6 Å². The van der Waals surface area contributed by atoms with E-state index in [2.05, 4.69) is 4.98 Å². The van der Waals surface area contributed by atoms with Gasteiger partial charge in [0.1, 0.15) is 23.2 Å². The highest BCUT2D eigenvalue weighted by molar-refractivity contribution is 7.17. The van der Waals surface area contributed by atoms with Crippen LogP contribution in [0.1, 0.15) is 36.1 Å². The Kier molecular flexibility index (Phi) is 5.81. The summed E-state index contributed by atoms with van der Waals surface area (Å²) in [5.41, 5.74) is 0.0350. The van der Waals surface area contributed by atoms with Crippen LogP contribution in [0.4, 0.5) is 13.2 Å². The quantitative estimate of drug-likeness (QED) is 0.479. The van der Waals surface area contributed by atoms with Crippen LogP contribution >= 0.6 is 22.9 Å². The number of fused-ring (bicyclic) bond motifs is 1. The Labute approximate surface area is 167 Å². The molecule has 1 N–H and O–H groups in total. The van der Waals surface area contributed by atoms with Gasteiger partial charge in [-0.25, -0.2) is 4.98 Å². The SMILES string of the molecule is CCC(C(=O)O)c1csc2cc(OCc3ccc(C(F)(F)F)nc3Cl)ccc12. The molecule has 0 saturated heterocycles. The molecule has 0 fully saturated rings. The van der Waals surface area contributed by atoms with Crippen molar-refractivity contribution in [1.82, 2.24) is 4.98 Å². The van der Waals surface area contributed by atoms with Crippen LogP contribution < -0.4 is 4.74 Å². The van der Waals surface area contributed by atoms with Crippen molar-refractivity contribution in [3.63, 3.8) is 0 Å². The Morgan fingerprint density at radius 3 is 2.68 bits per heavy atom. The van der Waals surface area contributed by atoms with Gasteiger partial charge < -0.3 is 9.84 Å². The van der Waals surface area contributed by atoms with E-state index in [-0.39, 0.29) is 11.8 Å². The minimum Gasteiger partial charge on any atom is -0.489 e. The molecule has 148 valence electrons. The maximum atomic E-state index is 12.6. The number of aliphatic carboxylic acids is 1. The van der Waals surface area contributed by atoms with Gasteiger partial charge in [-0.15, -0.1) is 11.3 Å². The molecule has 0 aliphatic carbocycles. The maximum absolute atomic E-state index is 12.6. The number of aromatic nitrogens is 1. The summed E-state index contributed by atoms with van der Waals surface area (Å²) in [5.74, 6) is -0.940. The first-order chi connectivity index (χ1) is 13.2. The van der Waals surface area contributed by atoms with Gasteiger partial charge in [0.05, 0.1) is 5.92 Å². The van der Waals surface area contributed by atoms with E-state index < -0.39 is 23.8 Å². The molecule has 9 heteroatoms. The third-order valence-electron chi connectivity index (χ3n) is 4.27. The average Bonchev–Trinajstić information content (AvgIpc) is 3.03. The van der Waals surface area contributed by atoms with E-state index in [1.165, 1.54) is 17.4 Å². The number of ether oxygens (including phenoxy) is 1. The van der Waals surface area contributed by atoms with Crippen molar-refractivity contribution in [2.75, 3.05) is 0 Å². The van der Waals surface area contributed by atoms with Gasteiger partial charge in [-0.2, -0.15) is 13.2 Å². The molecule has 0 bridgehead atoms. The predicted molar refractivity (Wildman–Crippen MR) is 101 cm³/mol. The Morgan fingerprint density at radius 1 is 1.32 bits per heavy atom. The fourth-order valence-electron chi connectivity index (χ4n) is 2.81. The third kappa shape index (κ3) is 4.23. The molecule has 3 aromatic rings. The molecule has 0 aliphatic heterocycles. The number of benzene rings is 1. The van der Waals surface area contributed by atoms with Crippen LogP contribution in [0.2, 0.25) is 5.15 Å². The summed E-state index contributed by atoms with van der Waals surface area (Å²) in [7, 11) is 0. The van der Waals surface area contributed by atoms with Crippen molar-refractivity contribution >= 4 is 39.0 Å². The lowest BCUT2D eigenvalue weighted by atomic mass is 9.96. The monoisotopic (exact) mass is 429 g/mol. The summed E-state index contributed by atoms with van der Waals surface area (Å²) >= 11 is 7.25. The van der Waals surface area contributed by atoms with Crippen LogP contribution in [0, 0.1) is 0 Å². The minimum absolute atomic E-state index is 0.0412. The van der Waals surface area contributed by atoms with Crippen molar-refractivity contribution in [2.24, 2.45) is 0 Å². The van der Waals surface area contributed by atoms with Crippen molar-refractivity contribution < 1.29 is 27.8 Å². The van der Waals surface area contributed by atoms with Crippen molar-refractivity contribution in [3.8, 4) is 5.75 Å². The molecule has 0 aliphatic rings. The number of carbonyl (C=O) groups is 1. The summed E-state index contributed by atoms with van der Waals surface area (Å²) in [6, 6.07) is 7.34. The molecule has 0 amide bonds. The Morgan fingerprint density at radius 2 is 2.07 bits per heavy atom. The van der Waals surface area contributed by atoms with Gasteiger partial charge in [0, 0.05) is 10.3 Å². The van der Waals surface area contributed by atoms with Crippen molar-refractivity contribution in [2.45, 2.75) is 32.0 Å². The number of pyridine rings is 1. The molecule has 28 heavy (non-hydrogen) atoms. The largest absolute Gasteiger partial charge is 0.489 e. The number of carboxylic acid groups (broad SMARTS) is 1. The third-order valence-corrected chi connectivity index (χ3v) is 5.56. The van der Waals surface area contributed by atoms with Crippen molar-refractivity contribution in [3.05, 3.63) is 57.7 Å². The fraction of sp³-hybridized carbons (Fsp3) is 0.263. The molecule has 1 unspecified atom stereocenters. The Bertz CT molecular complexity index is 1020. The second kappa shape index (κ2) is 7.97. The molecule has 2 aromatic heterocycles. The lowest BCUT2D eigenvalue weighted by Crippen LogP contribution is -2.09. The smallest absolute Gasteiger partial charge is 0.433 e. The topological polar surface area (TPSA) is 59.4 Å². The van der Waals surface area contributed by atoms with Gasteiger partial charge in [0.15, 0.2) is 0 Å². The van der Waals surface area contributed by atoms with Crippen LogP contribution in [0.5, 0.6) is 5.75 Å². The van der Waals surface area contributed by atoms with E-state index in [1.54, 1.807) is 18.2 Å². The summed E-state index contributed by atoms with van der Waals surface area (Å²) < 4.78 is 44.4. The predicted octanol–water partition coefficient (Wildman–Crippen LogP) is 6.13. The van der Waals surface area contributed by atoms with Gasteiger partial charge in [-0.05, 0) is 47.0 Å². The fourth-order valence-corrected chi connectivity index (χ4v) is 4.06. The lowest BCUT2D eigenvalue weighted by Gasteiger charge is -2.11.